The first-order valence-corrected chi connectivity index (χ1v) is 12.7. The van der Waals surface area contributed by atoms with E-state index < -0.39 is 0 Å². The van der Waals surface area contributed by atoms with Crippen molar-refractivity contribution in [1.29, 1.82) is 0 Å². The van der Waals surface area contributed by atoms with Gasteiger partial charge in [0, 0.05) is 42.3 Å². The van der Waals surface area contributed by atoms with Gasteiger partial charge in [-0.15, -0.1) is 11.3 Å². The molecule has 0 saturated heterocycles. The third-order valence-electron chi connectivity index (χ3n) is 6.82. The summed E-state index contributed by atoms with van der Waals surface area (Å²) in [7, 11) is 0. The summed E-state index contributed by atoms with van der Waals surface area (Å²) in [6, 6.07) is 42.6. The second-order valence-electron chi connectivity index (χ2n) is 8.91. The Morgan fingerprint density at radius 2 is 1.19 bits per heavy atom. The van der Waals surface area contributed by atoms with Crippen LogP contribution in [-0.4, -0.2) is 0 Å². The van der Waals surface area contributed by atoms with Crippen molar-refractivity contribution in [3.8, 4) is 0 Å². The van der Waals surface area contributed by atoms with Crippen LogP contribution in [-0.2, 0) is 0 Å². The van der Waals surface area contributed by atoms with Crippen molar-refractivity contribution in [3.05, 3.63) is 133 Å². The third-order valence-corrected chi connectivity index (χ3v) is 8.02. The first-order chi connectivity index (χ1) is 17.8. The fraction of sp³-hybridized carbons (Fsp3) is 0. The molecule has 0 unspecified atom stereocenters. The Kier molecular flexibility index (Phi) is 4.73. The molecule has 0 radical (unpaired) electrons. The van der Waals surface area contributed by atoms with Gasteiger partial charge in [0.05, 0.1) is 12.3 Å². The summed E-state index contributed by atoms with van der Waals surface area (Å²) >= 11 is 1.87. The molecule has 0 bridgehead atoms. The molecule has 2 nitrogen and oxygen atoms in total. The van der Waals surface area contributed by atoms with Crippen LogP contribution in [0.15, 0.2) is 121 Å². The van der Waals surface area contributed by atoms with Crippen LogP contribution in [0, 0.1) is 6.57 Å². The van der Waals surface area contributed by atoms with Gasteiger partial charge in [0.25, 0.3) is 0 Å². The van der Waals surface area contributed by atoms with Gasteiger partial charge in [-0.05, 0) is 53.2 Å². The van der Waals surface area contributed by atoms with Crippen LogP contribution in [0.4, 0.5) is 22.7 Å². The van der Waals surface area contributed by atoms with Gasteiger partial charge in [0.1, 0.15) is 0 Å². The fourth-order valence-corrected chi connectivity index (χ4v) is 6.38. The van der Waals surface area contributed by atoms with Crippen LogP contribution in [0.5, 0.6) is 0 Å². The van der Waals surface area contributed by atoms with Crippen LogP contribution < -0.4 is 4.90 Å². The van der Waals surface area contributed by atoms with E-state index in [9.17, 15) is 0 Å². The summed E-state index contributed by atoms with van der Waals surface area (Å²) < 4.78 is 2.62. The molecule has 1 aromatic heterocycles. The van der Waals surface area contributed by atoms with Gasteiger partial charge in [-0.1, -0.05) is 78.9 Å². The van der Waals surface area contributed by atoms with Crippen molar-refractivity contribution in [2.24, 2.45) is 0 Å². The maximum absolute atomic E-state index is 7.38. The lowest BCUT2D eigenvalue weighted by Gasteiger charge is -2.27. The van der Waals surface area contributed by atoms with Crippen molar-refractivity contribution in [1.82, 2.24) is 0 Å². The standard InChI is InChI=1S/C33H20N2S/c1-34-24-15-17-26(18-16-24)35(25-11-3-2-4-12-25)31-21-30-29-19-22-9-5-6-10-23(22)20-32(29)36-33(30)28-14-8-7-13-27(28)31/h2-21H. The number of rotatable bonds is 3. The van der Waals surface area contributed by atoms with E-state index in [0.717, 1.165) is 17.1 Å². The average molecular weight is 477 g/mol. The molecule has 7 rings (SSSR count). The van der Waals surface area contributed by atoms with Gasteiger partial charge in [0.15, 0.2) is 5.69 Å². The molecule has 1 heterocycles. The van der Waals surface area contributed by atoms with E-state index in [1.54, 1.807) is 0 Å². The quantitative estimate of drug-likeness (QED) is 0.230. The van der Waals surface area contributed by atoms with E-state index in [2.05, 4.69) is 101 Å². The van der Waals surface area contributed by atoms with Gasteiger partial charge in [-0.3, -0.25) is 0 Å². The Bertz CT molecular complexity index is 1940. The summed E-state index contributed by atoms with van der Waals surface area (Å²) in [6.45, 7) is 7.38. The highest BCUT2D eigenvalue weighted by molar-refractivity contribution is 7.26. The van der Waals surface area contributed by atoms with Crippen LogP contribution in [0.25, 0.3) is 46.6 Å². The number of hydrogen-bond donors (Lipinski definition) is 0. The van der Waals surface area contributed by atoms with Crippen molar-refractivity contribution >= 4 is 75.8 Å². The van der Waals surface area contributed by atoms with E-state index in [1.165, 1.54) is 41.7 Å². The molecule has 36 heavy (non-hydrogen) atoms. The molecule has 0 aliphatic carbocycles. The highest BCUT2D eigenvalue weighted by Gasteiger charge is 2.19. The van der Waals surface area contributed by atoms with Crippen molar-refractivity contribution in [3.63, 3.8) is 0 Å². The van der Waals surface area contributed by atoms with Gasteiger partial charge in [-0.25, -0.2) is 4.85 Å². The van der Waals surface area contributed by atoms with E-state index in [-0.39, 0.29) is 0 Å². The summed E-state index contributed by atoms with van der Waals surface area (Å²) in [5, 5.41) is 7.55. The molecule has 0 aliphatic heterocycles. The van der Waals surface area contributed by atoms with Crippen LogP contribution in [0.2, 0.25) is 0 Å². The lowest BCUT2D eigenvalue weighted by molar-refractivity contribution is 1.30. The molecule has 168 valence electrons. The minimum atomic E-state index is 0.641. The molecule has 6 aromatic carbocycles. The van der Waals surface area contributed by atoms with E-state index in [1.807, 2.05) is 41.7 Å². The molecule has 0 spiro atoms. The first-order valence-electron chi connectivity index (χ1n) is 11.9. The average Bonchev–Trinajstić information content (AvgIpc) is 3.30. The molecule has 0 N–H and O–H groups in total. The number of thiophene rings is 1. The lowest BCUT2D eigenvalue weighted by atomic mass is 10.0. The zero-order valence-corrected chi connectivity index (χ0v) is 20.2. The number of nitrogens with zero attached hydrogens (tertiary/aromatic N) is 2. The Labute approximate surface area is 213 Å². The Balaban J connectivity index is 1.59. The Morgan fingerprint density at radius 3 is 1.94 bits per heavy atom. The summed E-state index contributed by atoms with van der Waals surface area (Å²) in [5.74, 6) is 0. The molecule has 0 fully saturated rings. The molecule has 7 aromatic rings. The molecule has 0 amide bonds. The summed E-state index contributed by atoms with van der Waals surface area (Å²) in [4.78, 5) is 5.90. The lowest BCUT2D eigenvalue weighted by Crippen LogP contribution is -2.10. The fourth-order valence-electron chi connectivity index (χ4n) is 5.13. The smallest absolute Gasteiger partial charge is 0.187 e. The van der Waals surface area contributed by atoms with Gasteiger partial charge in [0.2, 0.25) is 0 Å². The van der Waals surface area contributed by atoms with Crippen molar-refractivity contribution < 1.29 is 0 Å². The van der Waals surface area contributed by atoms with Crippen LogP contribution in [0.1, 0.15) is 0 Å². The van der Waals surface area contributed by atoms with Crippen molar-refractivity contribution in [2.45, 2.75) is 0 Å². The molecular weight excluding hydrogens is 456 g/mol. The number of para-hydroxylation sites is 1. The summed E-state index contributed by atoms with van der Waals surface area (Å²) in [5.41, 5.74) is 3.89. The van der Waals surface area contributed by atoms with Gasteiger partial charge >= 0.3 is 0 Å². The van der Waals surface area contributed by atoms with Gasteiger partial charge < -0.3 is 4.90 Å². The SMILES string of the molecule is [C-]#[N+]c1ccc(N(c2ccccc2)c2cc3c4cc5ccccc5cc4sc3c3ccccc23)cc1. The highest BCUT2D eigenvalue weighted by atomic mass is 32.1. The maximum Gasteiger partial charge on any atom is 0.187 e. The zero-order valence-electron chi connectivity index (χ0n) is 19.3. The maximum atomic E-state index is 7.38. The Morgan fingerprint density at radius 1 is 0.556 bits per heavy atom. The van der Waals surface area contributed by atoms with Gasteiger partial charge in [-0.2, -0.15) is 0 Å². The second kappa shape index (κ2) is 8.23. The number of hydrogen-bond acceptors (Lipinski definition) is 2. The summed E-state index contributed by atoms with van der Waals surface area (Å²) in [6.07, 6.45) is 0. The predicted molar refractivity (Wildman–Crippen MR) is 155 cm³/mol. The zero-order chi connectivity index (χ0) is 24.1. The van der Waals surface area contributed by atoms with Crippen LogP contribution in [0.3, 0.4) is 0 Å². The van der Waals surface area contributed by atoms with Crippen molar-refractivity contribution in [2.75, 3.05) is 4.90 Å². The molecule has 0 atom stereocenters. The minimum absolute atomic E-state index is 0.641. The molecule has 0 aliphatic rings. The number of fused-ring (bicyclic) bond motifs is 6. The van der Waals surface area contributed by atoms with Crippen LogP contribution >= 0.6 is 11.3 Å². The van der Waals surface area contributed by atoms with E-state index >= 15 is 0 Å². The number of benzene rings is 6. The largest absolute Gasteiger partial charge is 0.310 e. The Hall–Kier alpha value is -4.65. The topological polar surface area (TPSA) is 7.60 Å². The minimum Gasteiger partial charge on any atom is -0.310 e. The molecular formula is C33H20N2S. The molecule has 3 heteroatoms. The highest BCUT2D eigenvalue weighted by Crippen LogP contribution is 2.46. The first kappa shape index (κ1) is 20.7. The normalized spacial score (nSPS) is 11.3. The van der Waals surface area contributed by atoms with E-state index in [0.29, 0.717) is 5.69 Å². The predicted octanol–water partition coefficient (Wildman–Crippen LogP) is 10.4. The van der Waals surface area contributed by atoms with E-state index in [4.69, 9.17) is 6.57 Å². The second-order valence-corrected chi connectivity index (χ2v) is 9.97. The third kappa shape index (κ3) is 3.24. The number of anilines is 3. The molecule has 0 saturated carbocycles. The monoisotopic (exact) mass is 476 g/mol.